The van der Waals surface area contributed by atoms with E-state index in [1.165, 1.54) is 30.5 Å². The predicted molar refractivity (Wildman–Crippen MR) is 82.8 cm³/mol. The van der Waals surface area contributed by atoms with Crippen molar-refractivity contribution in [1.29, 1.82) is 0 Å². The monoisotopic (exact) mass is 304 g/mol. The average Bonchev–Trinajstić information content (AvgIpc) is 2.54. The molecule has 0 unspecified atom stereocenters. The van der Waals surface area contributed by atoms with Crippen LogP contribution >= 0.6 is 0 Å². The van der Waals surface area contributed by atoms with Crippen molar-refractivity contribution in [3.8, 4) is 5.75 Å². The first-order valence-corrected chi connectivity index (χ1v) is 7.47. The van der Waals surface area contributed by atoms with Crippen LogP contribution in [0, 0.1) is 10.1 Å². The molecule has 6 nitrogen and oxygen atoms in total. The number of benzene rings is 1. The van der Waals surface area contributed by atoms with E-state index in [0.717, 1.165) is 19.3 Å². The molecule has 1 aliphatic carbocycles. The summed E-state index contributed by atoms with van der Waals surface area (Å²) in [5.41, 5.74) is 1.26. The van der Waals surface area contributed by atoms with E-state index in [1.807, 2.05) is 0 Å². The highest BCUT2D eigenvalue weighted by molar-refractivity contribution is 5.77. The fraction of sp³-hybridized carbons (Fsp3) is 0.438. The van der Waals surface area contributed by atoms with Crippen molar-refractivity contribution in [3.63, 3.8) is 0 Å². The Bertz CT molecular complexity index is 569. The molecule has 0 radical (unpaired) electrons. The fourth-order valence-electron chi connectivity index (χ4n) is 2.42. The van der Waals surface area contributed by atoms with Crippen LogP contribution in [0.4, 0.5) is 5.69 Å². The molecule has 0 aliphatic heterocycles. The molecule has 0 fully saturated rings. The van der Waals surface area contributed by atoms with Gasteiger partial charge in [0.1, 0.15) is 0 Å². The van der Waals surface area contributed by atoms with E-state index in [0.29, 0.717) is 6.54 Å². The van der Waals surface area contributed by atoms with Crippen LogP contribution in [0.5, 0.6) is 5.75 Å². The van der Waals surface area contributed by atoms with E-state index in [2.05, 4.69) is 11.4 Å². The molecule has 0 heterocycles. The third-order valence-corrected chi connectivity index (χ3v) is 3.57. The molecule has 0 saturated carbocycles. The second-order valence-corrected chi connectivity index (χ2v) is 5.22. The number of nitrogens with zero attached hydrogens (tertiary/aromatic N) is 1. The quantitative estimate of drug-likeness (QED) is 0.477. The lowest BCUT2D eigenvalue weighted by molar-refractivity contribution is -0.385. The number of ether oxygens (including phenoxy) is 1. The van der Waals surface area contributed by atoms with Crippen LogP contribution in [0.3, 0.4) is 0 Å². The van der Waals surface area contributed by atoms with Crippen molar-refractivity contribution < 1.29 is 14.5 Å². The van der Waals surface area contributed by atoms with Gasteiger partial charge in [0, 0.05) is 12.6 Å². The zero-order valence-corrected chi connectivity index (χ0v) is 12.4. The molecule has 1 N–H and O–H groups in total. The van der Waals surface area contributed by atoms with Gasteiger partial charge in [-0.05, 0) is 38.2 Å². The van der Waals surface area contributed by atoms with Crippen molar-refractivity contribution in [2.75, 3.05) is 13.2 Å². The maximum absolute atomic E-state index is 11.7. The number of nitro benzene ring substituents is 1. The van der Waals surface area contributed by atoms with Gasteiger partial charge in [-0.2, -0.15) is 0 Å². The number of nitrogens with one attached hydrogen (secondary N) is 1. The minimum Gasteiger partial charge on any atom is -0.477 e. The number of carbonyl (C=O) groups is 1. The fourth-order valence-corrected chi connectivity index (χ4v) is 2.42. The molecule has 118 valence electrons. The summed E-state index contributed by atoms with van der Waals surface area (Å²) in [6.45, 7) is 0.356. The van der Waals surface area contributed by atoms with Gasteiger partial charge in [0.25, 0.3) is 5.91 Å². The molecular formula is C16H20N2O4. The molecule has 6 heteroatoms. The second kappa shape index (κ2) is 8.17. The number of nitro groups is 1. The number of allylic oxidation sites excluding steroid dienone is 1. The summed E-state index contributed by atoms with van der Waals surface area (Å²) in [6.07, 6.45) is 7.82. The van der Waals surface area contributed by atoms with E-state index >= 15 is 0 Å². The van der Waals surface area contributed by atoms with E-state index < -0.39 is 4.92 Å². The van der Waals surface area contributed by atoms with Crippen LogP contribution in [0.25, 0.3) is 0 Å². The predicted octanol–water partition coefficient (Wildman–Crippen LogP) is 2.98. The molecule has 22 heavy (non-hydrogen) atoms. The zero-order valence-electron chi connectivity index (χ0n) is 12.4. The summed E-state index contributed by atoms with van der Waals surface area (Å²) in [5, 5.41) is 13.6. The first kappa shape index (κ1) is 16.0. The Morgan fingerprint density at radius 1 is 1.32 bits per heavy atom. The number of carbonyl (C=O) groups excluding carboxylic acids is 1. The Labute approximate surface area is 129 Å². The maximum atomic E-state index is 11.7. The van der Waals surface area contributed by atoms with Gasteiger partial charge in [0.2, 0.25) is 0 Å². The number of hydrogen-bond donors (Lipinski definition) is 1. The minimum atomic E-state index is -0.525. The number of hydrogen-bond acceptors (Lipinski definition) is 4. The summed E-state index contributed by atoms with van der Waals surface area (Å²) in [5.74, 6) is -0.160. The molecular weight excluding hydrogens is 284 g/mol. The summed E-state index contributed by atoms with van der Waals surface area (Å²) in [4.78, 5) is 22.0. The number of rotatable bonds is 7. The maximum Gasteiger partial charge on any atom is 0.310 e. The largest absolute Gasteiger partial charge is 0.477 e. The number of para-hydroxylation sites is 2. The Kier molecular flexibility index (Phi) is 5.94. The molecule has 0 saturated heterocycles. The summed E-state index contributed by atoms with van der Waals surface area (Å²) in [7, 11) is 0. The Hall–Kier alpha value is -2.37. The smallest absolute Gasteiger partial charge is 0.310 e. The van der Waals surface area contributed by atoms with Crippen LogP contribution in [0.2, 0.25) is 0 Å². The lowest BCUT2D eigenvalue weighted by atomic mass is 9.97. The third kappa shape index (κ3) is 4.87. The lowest BCUT2D eigenvalue weighted by Crippen LogP contribution is -2.30. The lowest BCUT2D eigenvalue weighted by Gasteiger charge is -2.13. The van der Waals surface area contributed by atoms with E-state index in [4.69, 9.17) is 4.74 Å². The SMILES string of the molecule is O=C(COc1ccccc1[N+](=O)[O-])NCCC1=CCCCC1. The Balaban J connectivity index is 1.74. The van der Waals surface area contributed by atoms with Crippen LogP contribution < -0.4 is 10.1 Å². The van der Waals surface area contributed by atoms with Gasteiger partial charge in [-0.25, -0.2) is 0 Å². The van der Waals surface area contributed by atoms with Crippen LogP contribution in [-0.2, 0) is 4.79 Å². The minimum absolute atomic E-state index is 0.109. The topological polar surface area (TPSA) is 81.5 Å². The summed E-state index contributed by atoms with van der Waals surface area (Å²) < 4.78 is 5.23. The average molecular weight is 304 g/mol. The molecule has 1 amide bonds. The summed E-state index contributed by atoms with van der Waals surface area (Å²) >= 11 is 0. The van der Waals surface area contributed by atoms with Crippen LogP contribution in [-0.4, -0.2) is 24.0 Å². The van der Waals surface area contributed by atoms with Gasteiger partial charge < -0.3 is 10.1 Å². The molecule has 2 rings (SSSR count). The van der Waals surface area contributed by atoms with Gasteiger partial charge in [-0.3, -0.25) is 14.9 Å². The van der Waals surface area contributed by atoms with E-state index in [-0.39, 0.29) is 24.0 Å². The van der Waals surface area contributed by atoms with E-state index in [9.17, 15) is 14.9 Å². The van der Waals surface area contributed by atoms with Crippen molar-refractivity contribution in [2.45, 2.75) is 32.1 Å². The first-order chi connectivity index (χ1) is 10.7. The van der Waals surface area contributed by atoms with Gasteiger partial charge >= 0.3 is 5.69 Å². The van der Waals surface area contributed by atoms with Crippen LogP contribution in [0.15, 0.2) is 35.9 Å². The highest BCUT2D eigenvalue weighted by atomic mass is 16.6. The molecule has 0 spiro atoms. The molecule has 0 bridgehead atoms. The molecule has 1 aliphatic rings. The Morgan fingerprint density at radius 2 is 2.14 bits per heavy atom. The standard InChI is InChI=1S/C16H20N2O4/c19-16(17-11-10-13-6-2-1-3-7-13)12-22-15-9-5-4-8-14(15)18(20)21/h4-6,8-9H,1-3,7,10-12H2,(H,17,19). The van der Waals surface area contributed by atoms with Crippen molar-refractivity contribution in [1.82, 2.24) is 5.32 Å². The number of amides is 1. The highest BCUT2D eigenvalue weighted by Gasteiger charge is 2.14. The van der Waals surface area contributed by atoms with Crippen molar-refractivity contribution in [2.24, 2.45) is 0 Å². The second-order valence-electron chi connectivity index (χ2n) is 5.22. The third-order valence-electron chi connectivity index (χ3n) is 3.57. The van der Waals surface area contributed by atoms with Gasteiger partial charge in [0.05, 0.1) is 4.92 Å². The van der Waals surface area contributed by atoms with Crippen molar-refractivity contribution in [3.05, 3.63) is 46.0 Å². The molecule has 1 aromatic carbocycles. The summed E-state index contributed by atoms with van der Waals surface area (Å²) in [6, 6.07) is 6.03. The normalized spacial score (nSPS) is 14.1. The van der Waals surface area contributed by atoms with E-state index in [1.54, 1.807) is 12.1 Å². The molecule has 0 atom stereocenters. The Morgan fingerprint density at radius 3 is 2.86 bits per heavy atom. The highest BCUT2D eigenvalue weighted by Crippen LogP contribution is 2.25. The zero-order chi connectivity index (χ0) is 15.8. The van der Waals surface area contributed by atoms with Gasteiger partial charge in [0.15, 0.2) is 12.4 Å². The van der Waals surface area contributed by atoms with Gasteiger partial charge in [-0.15, -0.1) is 0 Å². The first-order valence-electron chi connectivity index (χ1n) is 7.47. The molecule has 1 aromatic rings. The van der Waals surface area contributed by atoms with Crippen molar-refractivity contribution >= 4 is 11.6 Å². The molecule has 0 aromatic heterocycles. The van der Waals surface area contributed by atoms with Crippen LogP contribution in [0.1, 0.15) is 32.1 Å². The van der Waals surface area contributed by atoms with Gasteiger partial charge in [-0.1, -0.05) is 23.8 Å².